The van der Waals surface area contributed by atoms with Crippen molar-refractivity contribution in [3.05, 3.63) is 53.1 Å². The van der Waals surface area contributed by atoms with Crippen LogP contribution in [0.1, 0.15) is 17.3 Å². The van der Waals surface area contributed by atoms with Gasteiger partial charge in [-0.05, 0) is 24.3 Å². The summed E-state index contributed by atoms with van der Waals surface area (Å²) in [5, 5.41) is 0.611. The minimum absolute atomic E-state index is 0.304. The van der Waals surface area contributed by atoms with E-state index in [1.807, 2.05) is 0 Å². The molecule has 18 heavy (non-hydrogen) atoms. The number of aromatic nitrogens is 2. The summed E-state index contributed by atoms with van der Waals surface area (Å²) in [5.74, 6) is 6.30. The van der Waals surface area contributed by atoms with Gasteiger partial charge in [-0.3, -0.25) is 5.84 Å². The number of hydrogen-bond acceptors (Lipinski definition) is 5. The molecule has 3 N–H and O–H groups in total. The van der Waals surface area contributed by atoms with Gasteiger partial charge in [0.25, 0.3) is 0 Å². The van der Waals surface area contributed by atoms with Gasteiger partial charge >= 0.3 is 0 Å². The monoisotopic (exact) mass is 264 g/mol. The first kappa shape index (κ1) is 12.8. The van der Waals surface area contributed by atoms with Crippen LogP contribution in [0.3, 0.4) is 0 Å². The minimum atomic E-state index is -0.304. The SMILES string of the molecule is COc1ccc(Cl)cc1C(NN)c1ccncn1. The van der Waals surface area contributed by atoms with Gasteiger partial charge in [-0.1, -0.05) is 11.6 Å². The van der Waals surface area contributed by atoms with E-state index in [1.165, 1.54) is 6.33 Å². The molecule has 2 rings (SSSR count). The van der Waals surface area contributed by atoms with Gasteiger partial charge in [0.05, 0.1) is 18.8 Å². The Morgan fingerprint density at radius 2 is 2.22 bits per heavy atom. The molecular weight excluding hydrogens is 252 g/mol. The molecule has 0 radical (unpaired) electrons. The molecule has 0 fully saturated rings. The van der Waals surface area contributed by atoms with Crippen LogP contribution in [0.5, 0.6) is 5.75 Å². The van der Waals surface area contributed by atoms with Gasteiger partial charge in [-0.2, -0.15) is 0 Å². The second-order valence-electron chi connectivity index (χ2n) is 3.62. The van der Waals surface area contributed by atoms with Gasteiger partial charge in [0.15, 0.2) is 0 Å². The van der Waals surface area contributed by atoms with Crippen LogP contribution in [0.15, 0.2) is 36.8 Å². The molecule has 5 nitrogen and oxygen atoms in total. The third kappa shape index (κ3) is 2.59. The van der Waals surface area contributed by atoms with Crippen molar-refractivity contribution in [3.8, 4) is 5.75 Å². The Balaban J connectivity index is 2.48. The first-order valence-corrected chi connectivity index (χ1v) is 5.69. The van der Waals surface area contributed by atoms with Gasteiger partial charge < -0.3 is 4.74 Å². The maximum absolute atomic E-state index is 6.01. The van der Waals surface area contributed by atoms with Crippen molar-refractivity contribution in [1.82, 2.24) is 15.4 Å². The van der Waals surface area contributed by atoms with Gasteiger partial charge in [0, 0.05) is 16.8 Å². The van der Waals surface area contributed by atoms with Crippen LogP contribution in [0.2, 0.25) is 5.02 Å². The summed E-state index contributed by atoms with van der Waals surface area (Å²) in [4.78, 5) is 8.06. The lowest BCUT2D eigenvalue weighted by atomic mass is 10.0. The molecule has 0 aliphatic heterocycles. The number of rotatable bonds is 4. The Morgan fingerprint density at radius 1 is 1.39 bits per heavy atom. The number of nitrogens with two attached hydrogens (primary N) is 1. The topological polar surface area (TPSA) is 73.1 Å². The van der Waals surface area contributed by atoms with Crippen molar-refractivity contribution < 1.29 is 4.74 Å². The summed E-state index contributed by atoms with van der Waals surface area (Å²) in [6.07, 6.45) is 3.13. The fourth-order valence-corrected chi connectivity index (χ4v) is 1.92. The van der Waals surface area contributed by atoms with Crippen molar-refractivity contribution in [2.45, 2.75) is 6.04 Å². The molecule has 0 saturated heterocycles. The normalized spacial score (nSPS) is 12.2. The van der Waals surface area contributed by atoms with Gasteiger partial charge in [-0.15, -0.1) is 0 Å². The highest BCUT2D eigenvalue weighted by Crippen LogP contribution is 2.30. The Bertz CT molecular complexity index is 521. The first-order valence-electron chi connectivity index (χ1n) is 5.31. The summed E-state index contributed by atoms with van der Waals surface area (Å²) < 4.78 is 5.31. The molecule has 1 unspecified atom stereocenters. The third-order valence-electron chi connectivity index (χ3n) is 2.57. The first-order chi connectivity index (χ1) is 8.76. The van der Waals surface area contributed by atoms with E-state index in [1.54, 1.807) is 37.6 Å². The molecule has 1 aromatic carbocycles. The van der Waals surface area contributed by atoms with E-state index in [2.05, 4.69) is 15.4 Å². The zero-order valence-corrected chi connectivity index (χ0v) is 10.6. The van der Waals surface area contributed by atoms with Crippen molar-refractivity contribution in [2.75, 3.05) is 7.11 Å². The van der Waals surface area contributed by atoms with Crippen LogP contribution in [0.25, 0.3) is 0 Å². The van der Waals surface area contributed by atoms with E-state index in [0.29, 0.717) is 10.8 Å². The van der Waals surface area contributed by atoms with Crippen LogP contribution >= 0.6 is 11.6 Å². The van der Waals surface area contributed by atoms with Gasteiger partial charge in [0.1, 0.15) is 12.1 Å². The Labute approximate surface area is 110 Å². The maximum Gasteiger partial charge on any atom is 0.124 e. The Morgan fingerprint density at radius 3 is 2.83 bits per heavy atom. The molecule has 0 saturated carbocycles. The molecule has 0 spiro atoms. The van der Waals surface area contributed by atoms with E-state index in [4.69, 9.17) is 22.2 Å². The van der Waals surface area contributed by atoms with Crippen molar-refractivity contribution >= 4 is 11.6 Å². The van der Waals surface area contributed by atoms with Crippen LogP contribution in [0.4, 0.5) is 0 Å². The lowest BCUT2D eigenvalue weighted by Gasteiger charge is -2.18. The van der Waals surface area contributed by atoms with E-state index in [-0.39, 0.29) is 6.04 Å². The average molecular weight is 265 g/mol. The van der Waals surface area contributed by atoms with Crippen LogP contribution in [0, 0.1) is 0 Å². The van der Waals surface area contributed by atoms with Crippen molar-refractivity contribution in [3.63, 3.8) is 0 Å². The van der Waals surface area contributed by atoms with E-state index in [0.717, 1.165) is 11.3 Å². The van der Waals surface area contributed by atoms with Crippen molar-refractivity contribution in [2.24, 2.45) is 5.84 Å². The standard InChI is InChI=1S/C12H13ClN4O/c1-18-11-3-2-8(13)6-9(11)12(17-14)10-4-5-15-7-16-10/h2-7,12,17H,14H2,1H3. The van der Waals surface area contributed by atoms with Crippen LogP contribution < -0.4 is 16.0 Å². The number of hydrazine groups is 1. The number of ether oxygens (including phenoxy) is 1. The number of hydrogen-bond donors (Lipinski definition) is 2. The quantitative estimate of drug-likeness (QED) is 0.649. The molecule has 2 aromatic rings. The van der Waals surface area contributed by atoms with Crippen LogP contribution in [-0.2, 0) is 0 Å². The maximum atomic E-state index is 6.01. The lowest BCUT2D eigenvalue weighted by molar-refractivity contribution is 0.403. The summed E-state index contributed by atoms with van der Waals surface area (Å²) >= 11 is 6.01. The number of nitrogens with zero attached hydrogens (tertiary/aromatic N) is 2. The molecule has 1 aromatic heterocycles. The minimum Gasteiger partial charge on any atom is -0.496 e. The molecule has 1 heterocycles. The summed E-state index contributed by atoms with van der Waals surface area (Å²) in [7, 11) is 1.60. The van der Waals surface area contributed by atoms with Crippen molar-refractivity contribution in [1.29, 1.82) is 0 Å². The zero-order chi connectivity index (χ0) is 13.0. The molecule has 0 aliphatic carbocycles. The fraction of sp³-hybridized carbons (Fsp3) is 0.167. The van der Waals surface area contributed by atoms with E-state index in [9.17, 15) is 0 Å². The molecule has 0 amide bonds. The second kappa shape index (κ2) is 5.77. The van der Waals surface area contributed by atoms with E-state index < -0.39 is 0 Å². The molecule has 0 aliphatic rings. The average Bonchev–Trinajstić information content (AvgIpc) is 2.41. The number of halogens is 1. The third-order valence-corrected chi connectivity index (χ3v) is 2.81. The highest BCUT2D eigenvalue weighted by molar-refractivity contribution is 6.30. The summed E-state index contributed by atoms with van der Waals surface area (Å²) in [6, 6.07) is 6.83. The molecule has 0 bridgehead atoms. The largest absolute Gasteiger partial charge is 0.496 e. The highest BCUT2D eigenvalue weighted by atomic mass is 35.5. The Hall–Kier alpha value is -1.69. The molecule has 6 heteroatoms. The molecule has 1 atom stereocenters. The molecule has 94 valence electrons. The fourth-order valence-electron chi connectivity index (χ4n) is 1.74. The number of benzene rings is 1. The predicted molar refractivity (Wildman–Crippen MR) is 69.2 cm³/mol. The van der Waals surface area contributed by atoms with Gasteiger partial charge in [0.2, 0.25) is 0 Å². The number of nitrogens with one attached hydrogen (secondary N) is 1. The number of methoxy groups -OCH3 is 1. The zero-order valence-electron chi connectivity index (χ0n) is 9.80. The predicted octanol–water partition coefficient (Wildman–Crippen LogP) is 1.69. The van der Waals surface area contributed by atoms with Gasteiger partial charge in [-0.25, -0.2) is 15.4 Å². The summed E-state index contributed by atoms with van der Waals surface area (Å²) in [5.41, 5.74) is 4.28. The molecular formula is C12H13ClN4O. The second-order valence-corrected chi connectivity index (χ2v) is 4.06. The smallest absolute Gasteiger partial charge is 0.124 e. The summed E-state index contributed by atoms with van der Waals surface area (Å²) in [6.45, 7) is 0. The highest BCUT2D eigenvalue weighted by Gasteiger charge is 2.18. The van der Waals surface area contributed by atoms with Crippen LogP contribution in [-0.4, -0.2) is 17.1 Å². The van der Waals surface area contributed by atoms with E-state index >= 15 is 0 Å². The lowest BCUT2D eigenvalue weighted by Crippen LogP contribution is -2.29. The Kier molecular flexibility index (Phi) is 4.09.